The van der Waals surface area contributed by atoms with Crippen LogP contribution in [0.3, 0.4) is 0 Å². The van der Waals surface area contributed by atoms with E-state index in [4.69, 9.17) is 10.5 Å². The van der Waals surface area contributed by atoms with Gasteiger partial charge in [0.1, 0.15) is 5.75 Å². The Labute approximate surface area is 106 Å². The maximum absolute atomic E-state index is 11.3. The molecule has 4 nitrogen and oxygen atoms in total. The van der Waals surface area contributed by atoms with Crippen LogP contribution >= 0.6 is 11.8 Å². The van der Waals surface area contributed by atoms with Crippen LogP contribution in [0, 0.1) is 0 Å². The Morgan fingerprint density at radius 1 is 1.47 bits per heavy atom. The first-order valence-electron chi connectivity index (χ1n) is 5.59. The molecule has 0 radical (unpaired) electrons. The largest absolute Gasteiger partial charge is 0.492 e. The van der Waals surface area contributed by atoms with Gasteiger partial charge in [-0.05, 0) is 32.0 Å². The number of ether oxygens (including phenoxy) is 1. The lowest BCUT2D eigenvalue weighted by Gasteiger charge is -2.08. The van der Waals surface area contributed by atoms with E-state index in [-0.39, 0.29) is 5.91 Å². The van der Waals surface area contributed by atoms with E-state index < -0.39 is 0 Å². The van der Waals surface area contributed by atoms with Gasteiger partial charge in [0.15, 0.2) is 0 Å². The summed E-state index contributed by atoms with van der Waals surface area (Å²) in [5, 5.41) is 2.75. The molecule has 1 aromatic carbocycles. The molecule has 0 aliphatic rings. The summed E-state index contributed by atoms with van der Waals surface area (Å²) in [7, 11) is 0. The molecule has 0 aromatic heterocycles. The van der Waals surface area contributed by atoms with Gasteiger partial charge in [-0.15, -0.1) is 11.8 Å². The van der Waals surface area contributed by atoms with Crippen LogP contribution < -0.4 is 15.8 Å². The number of amides is 1. The molecule has 1 rings (SSSR count). The second-order valence-corrected chi connectivity index (χ2v) is 4.42. The predicted molar refractivity (Wildman–Crippen MR) is 71.4 cm³/mol. The van der Waals surface area contributed by atoms with Crippen LogP contribution in [0.25, 0.3) is 0 Å². The SMILES string of the molecule is CCNC(=O)CSc1ccc(N)c(OCC)c1. The molecule has 0 heterocycles. The number of nitrogens with one attached hydrogen (secondary N) is 1. The number of carbonyl (C=O) groups is 1. The van der Waals surface area contributed by atoms with Crippen LogP contribution in [0.4, 0.5) is 5.69 Å². The molecule has 94 valence electrons. The van der Waals surface area contributed by atoms with Crippen molar-refractivity contribution >= 4 is 23.4 Å². The summed E-state index contributed by atoms with van der Waals surface area (Å²) < 4.78 is 5.39. The monoisotopic (exact) mass is 254 g/mol. The standard InChI is InChI=1S/C12H18N2O2S/c1-3-14-12(15)8-17-9-5-6-10(13)11(7-9)16-4-2/h5-7H,3-4,8,13H2,1-2H3,(H,14,15). The van der Waals surface area contributed by atoms with E-state index >= 15 is 0 Å². The quantitative estimate of drug-likeness (QED) is 0.601. The average Bonchev–Trinajstić information content (AvgIpc) is 2.31. The first kappa shape index (κ1) is 13.7. The highest BCUT2D eigenvalue weighted by Crippen LogP contribution is 2.28. The lowest BCUT2D eigenvalue weighted by atomic mass is 10.3. The number of benzene rings is 1. The Balaban J connectivity index is 2.59. The topological polar surface area (TPSA) is 64.4 Å². The van der Waals surface area contributed by atoms with Gasteiger partial charge in [0.05, 0.1) is 18.0 Å². The third-order valence-electron chi connectivity index (χ3n) is 2.03. The molecule has 0 aliphatic heterocycles. The van der Waals surface area contributed by atoms with Gasteiger partial charge >= 0.3 is 0 Å². The molecule has 1 aromatic rings. The number of anilines is 1. The molecule has 0 bridgehead atoms. The Morgan fingerprint density at radius 2 is 2.24 bits per heavy atom. The van der Waals surface area contributed by atoms with Gasteiger partial charge in [0.2, 0.25) is 5.91 Å². The zero-order valence-corrected chi connectivity index (χ0v) is 11.0. The summed E-state index contributed by atoms with van der Waals surface area (Å²) in [5.74, 6) is 1.12. The fourth-order valence-electron chi connectivity index (χ4n) is 1.28. The number of rotatable bonds is 6. The van der Waals surface area contributed by atoms with Gasteiger partial charge in [0, 0.05) is 11.4 Å². The molecule has 0 aliphatic carbocycles. The molecular weight excluding hydrogens is 236 g/mol. The van der Waals surface area contributed by atoms with Crippen molar-refractivity contribution < 1.29 is 9.53 Å². The van der Waals surface area contributed by atoms with Crippen molar-refractivity contribution in [1.29, 1.82) is 0 Å². The lowest BCUT2D eigenvalue weighted by molar-refractivity contribution is -0.118. The highest BCUT2D eigenvalue weighted by atomic mass is 32.2. The molecule has 5 heteroatoms. The van der Waals surface area contributed by atoms with E-state index in [1.807, 2.05) is 26.0 Å². The Kier molecular flexibility index (Phi) is 5.69. The van der Waals surface area contributed by atoms with Gasteiger partial charge in [0.25, 0.3) is 0 Å². The highest BCUT2D eigenvalue weighted by molar-refractivity contribution is 8.00. The predicted octanol–water partition coefficient (Wildman–Crippen LogP) is 1.90. The van der Waals surface area contributed by atoms with Crippen LogP contribution in [0.2, 0.25) is 0 Å². The first-order valence-corrected chi connectivity index (χ1v) is 6.57. The molecule has 3 N–H and O–H groups in total. The molecule has 0 saturated carbocycles. The van der Waals surface area contributed by atoms with Crippen molar-refractivity contribution in [1.82, 2.24) is 5.32 Å². The zero-order chi connectivity index (χ0) is 12.7. The van der Waals surface area contributed by atoms with Crippen LogP contribution in [-0.2, 0) is 4.79 Å². The smallest absolute Gasteiger partial charge is 0.230 e. The van der Waals surface area contributed by atoms with E-state index in [0.29, 0.717) is 30.3 Å². The van der Waals surface area contributed by atoms with Gasteiger partial charge in [-0.2, -0.15) is 0 Å². The first-order chi connectivity index (χ1) is 8.17. The average molecular weight is 254 g/mol. The molecule has 0 spiro atoms. The Hall–Kier alpha value is -1.36. The van der Waals surface area contributed by atoms with Crippen molar-refractivity contribution in [2.75, 3.05) is 24.6 Å². The second kappa shape index (κ2) is 7.06. The summed E-state index contributed by atoms with van der Waals surface area (Å²) >= 11 is 1.47. The summed E-state index contributed by atoms with van der Waals surface area (Å²) in [6.07, 6.45) is 0. The number of hydrogen-bond acceptors (Lipinski definition) is 4. The van der Waals surface area contributed by atoms with Gasteiger partial charge in [-0.25, -0.2) is 0 Å². The van der Waals surface area contributed by atoms with Crippen molar-refractivity contribution in [2.45, 2.75) is 18.7 Å². The van der Waals surface area contributed by atoms with Crippen molar-refractivity contribution in [3.63, 3.8) is 0 Å². The number of carbonyl (C=O) groups excluding carboxylic acids is 1. The van der Waals surface area contributed by atoms with Crippen molar-refractivity contribution in [3.05, 3.63) is 18.2 Å². The molecule has 0 atom stereocenters. The Morgan fingerprint density at radius 3 is 2.88 bits per heavy atom. The lowest BCUT2D eigenvalue weighted by Crippen LogP contribution is -2.24. The van der Waals surface area contributed by atoms with E-state index in [2.05, 4.69) is 5.32 Å². The van der Waals surface area contributed by atoms with Gasteiger partial charge in [-0.1, -0.05) is 0 Å². The van der Waals surface area contributed by atoms with E-state index in [9.17, 15) is 4.79 Å². The summed E-state index contributed by atoms with van der Waals surface area (Å²) in [4.78, 5) is 12.3. The molecule has 0 saturated heterocycles. The van der Waals surface area contributed by atoms with Gasteiger partial charge < -0.3 is 15.8 Å². The number of hydrogen-bond donors (Lipinski definition) is 2. The molecule has 0 unspecified atom stereocenters. The zero-order valence-electron chi connectivity index (χ0n) is 10.2. The molecule has 1 amide bonds. The van der Waals surface area contributed by atoms with Crippen LogP contribution in [0.5, 0.6) is 5.75 Å². The van der Waals surface area contributed by atoms with E-state index in [0.717, 1.165) is 4.90 Å². The third kappa shape index (κ3) is 4.56. The number of nitrogens with two attached hydrogens (primary N) is 1. The van der Waals surface area contributed by atoms with Crippen LogP contribution in [0.1, 0.15) is 13.8 Å². The molecule has 0 fully saturated rings. The normalized spacial score (nSPS) is 10.0. The number of nitrogen functional groups attached to an aromatic ring is 1. The minimum Gasteiger partial charge on any atom is -0.492 e. The Bertz CT molecular complexity index is 383. The van der Waals surface area contributed by atoms with Crippen molar-refractivity contribution in [2.24, 2.45) is 0 Å². The van der Waals surface area contributed by atoms with Crippen molar-refractivity contribution in [3.8, 4) is 5.75 Å². The fraction of sp³-hybridized carbons (Fsp3) is 0.417. The van der Waals surface area contributed by atoms with E-state index in [1.54, 1.807) is 6.07 Å². The minimum atomic E-state index is 0.0345. The fourth-order valence-corrected chi connectivity index (χ4v) is 2.04. The van der Waals surface area contributed by atoms with E-state index in [1.165, 1.54) is 11.8 Å². The summed E-state index contributed by atoms with van der Waals surface area (Å²) in [6.45, 7) is 5.05. The van der Waals surface area contributed by atoms with Crippen LogP contribution in [-0.4, -0.2) is 24.8 Å². The summed E-state index contributed by atoms with van der Waals surface area (Å²) in [6, 6.07) is 5.55. The molecular formula is C12H18N2O2S. The molecule has 17 heavy (non-hydrogen) atoms. The summed E-state index contributed by atoms with van der Waals surface area (Å²) in [5.41, 5.74) is 6.39. The third-order valence-corrected chi connectivity index (χ3v) is 3.02. The second-order valence-electron chi connectivity index (χ2n) is 3.37. The number of thioether (sulfide) groups is 1. The van der Waals surface area contributed by atoms with Gasteiger partial charge in [-0.3, -0.25) is 4.79 Å². The minimum absolute atomic E-state index is 0.0345. The maximum Gasteiger partial charge on any atom is 0.230 e. The van der Waals surface area contributed by atoms with Crippen LogP contribution in [0.15, 0.2) is 23.1 Å². The maximum atomic E-state index is 11.3. The highest BCUT2D eigenvalue weighted by Gasteiger charge is 2.05.